The van der Waals surface area contributed by atoms with Gasteiger partial charge in [0.1, 0.15) is 0 Å². The third-order valence-electron chi connectivity index (χ3n) is 3.23. The lowest BCUT2D eigenvalue weighted by Crippen LogP contribution is -2.37. The maximum Gasteiger partial charge on any atom is 0.244 e. The fourth-order valence-electron chi connectivity index (χ4n) is 1.93. The predicted octanol–water partition coefficient (Wildman–Crippen LogP) is 2.89. The first-order valence-corrected chi connectivity index (χ1v) is 7.06. The molecule has 0 radical (unpaired) electrons. The van der Waals surface area contributed by atoms with Crippen molar-refractivity contribution in [2.24, 2.45) is 0 Å². The molecule has 0 aliphatic heterocycles. The molecule has 0 bridgehead atoms. The number of nitrogens with one attached hydrogen (secondary N) is 1. The molecular weight excluding hydrogens is 252 g/mol. The van der Waals surface area contributed by atoms with Crippen LogP contribution >= 0.6 is 0 Å². The fraction of sp³-hybridized carbons (Fsp3) is 0.500. The number of aryl methyl sites for hydroxylation is 2. The summed E-state index contributed by atoms with van der Waals surface area (Å²) >= 11 is 0. The number of nitrogens with zero attached hydrogens (tertiary/aromatic N) is 1. The quantitative estimate of drug-likeness (QED) is 0.868. The molecule has 0 saturated heterocycles. The van der Waals surface area contributed by atoms with Crippen LogP contribution in [-0.4, -0.2) is 29.8 Å². The van der Waals surface area contributed by atoms with E-state index in [1.54, 1.807) is 4.90 Å². The van der Waals surface area contributed by atoms with E-state index in [0.717, 1.165) is 29.7 Å². The van der Waals surface area contributed by atoms with Gasteiger partial charge in [-0.25, -0.2) is 0 Å². The highest BCUT2D eigenvalue weighted by Gasteiger charge is 2.13. The van der Waals surface area contributed by atoms with E-state index in [9.17, 15) is 9.59 Å². The zero-order chi connectivity index (χ0) is 15.1. The van der Waals surface area contributed by atoms with E-state index in [4.69, 9.17) is 0 Å². The van der Waals surface area contributed by atoms with Gasteiger partial charge in [-0.3, -0.25) is 9.59 Å². The van der Waals surface area contributed by atoms with Crippen LogP contribution in [0.1, 0.15) is 37.8 Å². The largest absolute Gasteiger partial charge is 0.334 e. The van der Waals surface area contributed by atoms with Gasteiger partial charge in [0.2, 0.25) is 11.8 Å². The maximum atomic E-state index is 12.0. The molecule has 0 aliphatic rings. The van der Waals surface area contributed by atoms with Gasteiger partial charge in [0.25, 0.3) is 0 Å². The lowest BCUT2D eigenvalue weighted by Gasteiger charge is -2.20. The molecule has 0 unspecified atom stereocenters. The molecule has 1 aromatic carbocycles. The molecular formula is C16H24N2O2. The molecule has 1 aromatic rings. The monoisotopic (exact) mass is 276 g/mol. The smallest absolute Gasteiger partial charge is 0.244 e. The molecule has 4 heteroatoms. The number of unbranched alkanes of at least 4 members (excludes halogenated alkanes) is 1. The Bertz CT molecular complexity index is 483. The summed E-state index contributed by atoms with van der Waals surface area (Å²) in [7, 11) is 0. The van der Waals surface area contributed by atoms with E-state index in [0.29, 0.717) is 6.54 Å². The summed E-state index contributed by atoms with van der Waals surface area (Å²) in [6, 6.07) is 5.93. The zero-order valence-electron chi connectivity index (χ0n) is 12.8. The fourth-order valence-corrected chi connectivity index (χ4v) is 1.93. The first-order valence-electron chi connectivity index (χ1n) is 7.06. The number of hydrogen-bond acceptors (Lipinski definition) is 2. The lowest BCUT2D eigenvalue weighted by molar-refractivity contribution is -0.132. The average Bonchev–Trinajstić information content (AvgIpc) is 2.38. The summed E-state index contributed by atoms with van der Waals surface area (Å²) in [5.41, 5.74) is 2.93. The molecule has 0 aliphatic carbocycles. The summed E-state index contributed by atoms with van der Waals surface area (Å²) in [6.45, 7) is 8.25. The lowest BCUT2D eigenvalue weighted by atomic mass is 10.1. The van der Waals surface area contributed by atoms with Crippen LogP contribution in [0.25, 0.3) is 0 Å². The van der Waals surface area contributed by atoms with Gasteiger partial charge < -0.3 is 10.2 Å². The highest BCUT2D eigenvalue weighted by Crippen LogP contribution is 2.16. The van der Waals surface area contributed by atoms with Crippen molar-refractivity contribution in [1.29, 1.82) is 0 Å². The zero-order valence-corrected chi connectivity index (χ0v) is 12.8. The van der Waals surface area contributed by atoms with Crippen LogP contribution < -0.4 is 5.32 Å². The Labute approximate surface area is 121 Å². The molecule has 20 heavy (non-hydrogen) atoms. The second-order valence-corrected chi connectivity index (χ2v) is 5.16. The van der Waals surface area contributed by atoms with Gasteiger partial charge in [-0.15, -0.1) is 0 Å². The normalized spacial score (nSPS) is 10.2. The van der Waals surface area contributed by atoms with Gasteiger partial charge in [-0.2, -0.15) is 0 Å². The van der Waals surface area contributed by atoms with E-state index < -0.39 is 0 Å². The number of amides is 2. The van der Waals surface area contributed by atoms with Gasteiger partial charge in [0.15, 0.2) is 0 Å². The number of carbonyl (C=O) groups is 2. The van der Waals surface area contributed by atoms with E-state index in [-0.39, 0.29) is 18.4 Å². The number of benzene rings is 1. The highest BCUT2D eigenvalue weighted by molar-refractivity contribution is 5.94. The molecule has 2 amide bonds. The second kappa shape index (κ2) is 7.68. The van der Waals surface area contributed by atoms with Crippen LogP contribution in [0.2, 0.25) is 0 Å². The Morgan fingerprint density at radius 2 is 1.95 bits per heavy atom. The first-order chi connectivity index (χ1) is 9.43. The van der Waals surface area contributed by atoms with Crippen molar-refractivity contribution in [3.63, 3.8) is 0 Å². The summed E-state index contributed by atoms with van der Waals surface area (Å²) < 4.78 is 0. The maximum absolute atomic E-state index is 12.0. The van der Waals surface area contributed by atoms with Gasteiger partial charge >= 0.3 is 0 Å². The summed E-state index contributed by atoms with van der Waals surface area (Å²) in [6.07, 6.45) is 1.92. The molecule has 1 rings (SSSR count). The highest BCUT2D eigenvalue weighted by atomic mass is 16.2. The van der Waals surface area contributed by atoms with E-state index >= 15 is 0 Å². The molecule has 110 valence electrons. The standard InChI is InChI=1S/C16H24N2O2/c1-5-6-9-18(14(4)19)11-16(20)17-15-10-12(2)7-8-13(15)3/h7-8,10H,5-6,9,11H2,1-4H3,(H,17,20). The molecule has 0 atom stereocenters. The van der Waals surface area contributed by atoms with Gasteiger partial charge in [0.05, 0.1) is 6.54 Å². The van der Waals surface area contributed by atoms with Crippen LogP contribution in [0.4, 0.5) is 5.69 Å². The SMILES string of the molecule is CCCCN(CC(=O)Nc1cc(C)ccc1C)C(C)=O. The molecule has 0 spiro atoms. The van der Waals surface area contributed by atoms with Crippen molar-refractivity contribution in [2.45, 2.75) is 40.5 Å². The second-order valence-electron chi connectivity index (χ2n) is 5.16. The number of rotatable bonds is 6. The van der Waals surface area contributed by atoms with Crippen molar-refractivity contribution in [3.8, 4) is 0 Å². The predicted molar refractivity (Wildman–Crippen MR) is 81.7 cm³/mol. The first kappa shape index (κ1) is 16.2. The van der Waals surface area contributed by atoms with Crippen LogP contribution in [0.3, 0.4) is 0 Å². The molecule has 0 saturated carbocycles. The van der Waals surface area contributed by atoms with Crippen molar-refractivity contribution < 1.29 is 9.59 Å². The Morgan fingerprint density at radius 3 is 2.55 bits per heavy atom. The van der Waals surface area contributed by atoms with Gasteiger partial charge in [-0.1, -0.05) is 25.5 Å². The third-order valence-corrected chi connectivity index (χ3v) is 3.23. The molecule has 0 fully saturated rings. The Hall–Kier alpha value is -1.84. The summed E-state index contributed by atoms with van der Waals surface area (Å²) in [4.78, 5) is 25.1. The van der Waals surface area contributed by atoms with Crippen LogP contribution in [0.15, 0.2) is 18.2 Å². The van der Waals surface area contributed by atoms with Crippen molar-refractivity contribution in [3.05, 3.63) is 29.3 Å². The van der Waals surface area contributed by atoms with Crippen molar-refractivity contribution >= 4 is 17.5 Å². The summed E-state index contributed by atoms with van der Waals surface area (Å²) in [5.74, 6) is -0.209. The molecule has 1 N–H and O–H groups in total. The van der Waals surface area contributed by atoms with Crippen LogP contribution in [-0.2, 0) is 9.59 Å². The minimum atomic E-state index is -0.148. The minimum absolute atomic E-state index is 0.0606. The molecule has 0 heterocycles. The van der Waals surface area contributed by atoms with E-state index in [1.165, 1.54) is 6.92 Å². The third kappa shape index (κ3) is 5.03. The number of carbonyl (C=O) groups excluding carboxylic acids is 2. The molecule has 0 aromatic heterocycles. The van der Waals surface area contributed by atoms with E-state index in [1.807, 2.05) is 32.0 Å². The number of anilines is 1. The molecule has 4 nitrogen and oxygen atoms in total. The topological polar surface area (TPSA) is 49.4 Å². The van der Waals surface area contributed by atoms with E-state index in [2.05, 4.69) is 12.2 Å². The van der Waals surface area contributed by atoms with Gasteiger partial charge in [0, 0.05) is 19.2 Å². The minimum Gasteiger partial charge on any atom is -0.334 e. The number of hydrogen-bond donors (Lipinski definition) is 1. The Morgan fingerprint density at radius 1 is 1.25 bits per heavy atom. The van der Waals surface area contributed by atoms with Crippen molar-refractivity contribution in [2.75, 3.05) is 18.4 Å². The average molecular weight is 276 g/mol. The van der Waals surface area contributed by atoms with Crippen LogP contribution in [0, 0.1) is 13.8 Å². The summed E-state index contributed by atoms with van der Waals surface area (Å²) in [5, 5.41) is 2.88. The van der Waals surface area contributed by atoms with Crippen molar-refractivity contribution in [1.82, 2.24) is 4.90 Å². The Kier molecular flexibility index (Phi) is 6.22. The van der Waals surface area contributed by atoms with Gasteiger partial charge in [-0.05, 0) is 37.5 Å². The Balaban J connectivity index is 2.65. The van der Waals surface area contributed by atoms with Crippen LogP contribution in [0.5, 0.6) is 0 Å².